The molecule has 38 heavy (non-hydrogen) atoms. The quantitative estimate of drug-likeness (QED) is 0.394. The maximum Gasteiger partial charge on any atom is 0.182 e. The molecule has 3 aliphatic rings. The number of aryl methyl sites for hydroxylation is 1. The number of hydrogen-bond acceptors (Lipinski definition) is 3. The molecule has 5 heteroatoms. The van der Waals surface area contributed by atoms with Crippen LogP contribution in [0.2, 0.25) is 0 Å². The zero-order chi connectivity index (χ0) is 26.4. The molecule has 0 amide bonds. The second kappa shape index (κ2) is 11.6. The van der Waals surface area contributed by atoms with Gasteiger partial charge in [0.05, 0.1) is 10.7 Å². The summed E-state index contributed by atoms with van der Waals surface area (Å²) in [6, 6.07) is 18.6. The van der Waals surface area contributed by atoms with E-state index >= 15 is 0 Å². The van der Waals surface area contributed by atoms with Crippen LogP contribution in [0.25, 0.3) is 22.1 Å². The van der Waals surface area contributed by atoms with Crippen LogP contribution in [-0.4, -0.2) is 14.2 Å². The summed E-state index contributed by atoms with van der Waals surface area (Å²) in [6.45, 7) is 0. The summed E-state index contributed by atoms with van der Waals surface area (Å²) in [5.74, 6) is -0.380. The summed E-state index contributed by atoms with van der Waals surface area (Å²) in [5.41, 5.74) is 8.01. The molecule has 0 spiro atoms. The molecule has 3 nitrogen and oxygen atoms in total. The molecule has 0 aromatic heterocycles. The lowest BCUT2D eigenvalue weighted by Gasteiger charge is -2.27. The first kappa shape index (κ1) is 25.7. The van der Waals surface area contributed by atoms with Crippen LogP contribution in [0.4, 0.5) is 4.39 Å². The van der Waals surface area contributed by atoms with E-state index in [9.17, 15) is 12.8 Å². The minimum absolute atomic E-state index is 0.0738. The van der Waals surface area contributed by atoms with Crippen LogP contribution in [0.15, 0.2) is 110 Å². The SMILES string of the molecule is C1=CC=CNC=C1.O=S(=O)(CC=Cc1ccc(F)cc1)C1=CCCc2c1ccc1c2CCc2ccccc2-1. The summed E-state index contributed by atoms with van der Waals surface area (Å²) in [7, 11) is -3.46. The van der Waals surface area contributed by atoms with Crippen molar-refractivity contribution in [3.63, 3.8) is 0 Å². The number of rotatable bonds is 4. The number of hydrogen-bond donors (Lipinski definition) is 1. The maximum atomic E-state index is 13.2. The zero-order valence-electron chi connectivity index (χ0n) is 21.1. The van der Waals surface area contributed by atoms with Crippen molar-refractivity contribution in [2.75, 3.05) is 5.75 Å². The Kier molecular flexibility index (Phi) is 7.85. The van der Waals surface area contributed by atoms with E-state index in [1.165, 1.54) is 39.9 Å². The first-order valence-electron chi connectivity index (χ1n) is 12.9. The van der Waals surface area contributed by atoms with Gasteiger partial charge >= 0.3 is 0 Å². The molecule has 0 bridgehead atoms. The fraction of sp³-hybridized carbons (Fsp3) is 0.152. The number of nitrogens with one attached hydrogen (secondary N) is 1. The van der Waals surface area contributed by atoms with Gasteiger partial charge in [0.25, 0.3) is 0 Å². The third kappa shape index (κ3) is 5.79. The van der Waals surface area contributed by atoms with Crippen LogP contribution in [0.3, 0.4) is 0 Å². The van der Waals surface area contributed by atoms with Crippen LogP contribution >= 0.6 is 0 Å². The Morgan fingerprint density at radius 3 is 2.26 bits per heavy atom. The molecule has 0 saturated heterocycles. The first-order chi connectivity index (χ1) is 18.5. The van der Waals surface area contributed by atoms with Gasteiger partial charge in [0.2, 0.25) is 0 Å². The van der Waals surface area contributed by atoms with Gasteiger partial charge in [0.15, 0.2) is 9.84 Å². The lowest BCUT2D eigenvalue weighted by atomic mass is 9.79. The normalized spacial score (nSPS) is 15.3. The van der Waals surface area contributed by atoms with Crippen molar-refractivity contribution < 1.29 is 12.8 Å². The van der Waals surface area contributed by atoms with Crippen LogP contribution in [-0.2, 0) is 29.1 Å². The topological polar surface area (TPSA) is 46.2 Å². The van der Waals surface area contributed by atoms with Crippen molar-refractivity contribution in [3.05, 3.63) is 143 Å². The third-order valence-electron chi connectivity index (χ3n) is 6.92. The molecular formula is C33H30FNO2S. The Morgan fingerprint density at radius 1 is 0.763 bits per heavy atom. The fourth-order valence-electron chi connectivity index (χ4n) is 5.14. The van der Waals surface area contributed by atoms with E-state index in [1.807, 2.05) is 48.8 Å². The Labute approximate surface area is 224 Å². The average Bonchev–Trinajstić information content (AvgIpc) is 3.27. The van der Waals surface area contributed by atoms with Crippen LogP contribution < -0.4 is 5.32 Å². The maximum absolute atomic E-state index is 13.2. The van der Waals surface area contributed by atoms with Crippen molar-refractivity contribution >= 4 is 20.8 Å². The van der Waals surface area contributed by atoms with E-state index in [2.05, 4.69) is 35.6 Å². The van der Waals surface area contributed by atoms with E-state index in [0.29, 0.717) is 4.91 Å². The van der Waals surface area contributed by atoms with Crippen molar-refractivity contribution in [1.82, 2.24) is 5.32 Å². The predicted octanol–water partition coefficient (Wildman–Crippen LogP) is 7.18. The highest BCUT2D eigenvalue weighted by Crippen LogP contribution is 2.41. The number of sulfone groups is 1. The molecule has 3 aromatic rings. The van der Waals surface area contributed by atoms with Gasteiger partial charge in [-0.1, -0.05) is 78.9 Å². The monoisotopic (exact) mass is 523 g/mol. The van der Waals surface area contributed by atoms with Crippen LogP contribution in [0.5, 0.6) is 0 Å². The highest BCUT2D eigenvalue weighted by atomic mass is 32.2. The van der Waals surface area contributed by atoms with Gasteiger partial charge in [-0.05, 0) is 88.9 Å². The van der Waals surface area contributed by atoms with E-state index < -0.39 is 9.84 Å². The molecule has 3 aromatic carbocycles. The van der Waals surface area contributed by atoms with Gasteiger partial charge in [-0.3, -0.25) is 0 Å². The van der Waals surface area contributed by atoms with E-state index in [1.54, 1.807) is 24.3 Å². The molecule has 0 atom stereocenters. The highest BCUT2D eigenvalue weighted by molar-refractivity contribution is 8.00. The summed E-state index contributed by atoms with van der Waals surface area (Å²) >= 11 is 0. The van der Waals surface area contributed by atoms with E-state index in [4.69, 9.17) is 0 Å². The van der Waals surface area contributed by atoms with Gasteiger partial charge in [-0.2, -0.15) is 0 Å². The standard InChI is InChI=1S/C27H23FO2S.C6H7N/c28-21-13-10-19(11-14-21)5-4-18-31(29,30)27-9-3-8-23-25-15-12-20-6-1-2-7-22(20)24(25)16-17-26(23)27;1-2-4-6-7-5-3-1/h1-2,4-7,9-11,13-14,16-17H,3,8,12,15,18H2;1-7H. The summed E-state index contributed by atoms with van der Waals surface area (Å²) < 4.78 is 39.4. The minimum atomic E-state index is -3.46. The molecule has 0 saturated carbocycles. The highest BCUT2D eigenvalue weighted by Gasteiger charge is 2.27. The van der Waals surface area contributed by atoms with Crippen molar-refractivity contribution in [3.8, 4) is 11.1 Å². The molecule has 0 unspecified atom stereocenters. The molecule has 192 valence electrons. The molecule has 6 rings (SSSR count). The van der Waals surface area contributed by atoms with Crippen molar-refractivity contribution in [1.29, 1.82) is 0 Å². The molecular weight excluding hydrogens is 493 g/mol. The second-order valence-corrected chi connectivity index (χ2v) is 11.4. The van der Waals surface area contributed by atoms with Gasteiger partial charge in [0, 0.05) is 12.4 Å². The lowest BCUT2D eigenvalue weighted by molar-refractivity contribution is 0.608. The van der Waals surface area contributed by atoms with Crippen molar-refractivity contribution in [2.45, 2.75) is 25.7 Å². The van der Waals surface area contributed by atoms with Crippen molar-refractivity contribution in [2.24, 2.45) is 0 Å². The number of benzene rings is 3. The molecule has 1 heterocycles. The van der Waals surface area contributed by atoms with Gasteiger partial charge in [-0.25, -0.2) is 12.8 Å². The average molecular weight is 524 g/mol. The fourth-order valence-corrected chi connectivity index (χ4v) is 6.57. The Morgan fingerprint density at radius 2 is 1.47 bits per heavy atom. The van der Waals surface area contributed by atoms with E-state index in [0.717, 1.165) is 36.8 Å². The zero-order valence-corrected chi connectivity index (χ0v) is 21.9. The first-order valence-corrected chi connectivity index (χ1v) is 14.5. The molecule has 0 radical (unpaired) electrons. The Hall–Kier alpha value is -3.96. The minimum Gasteiger partial charge on any atom is -0.368 e. The van der Waals surface area contributed by atoms with Gasteiger partial charge in [0.1, 0.15) is 5.82 Å². The Bertz CT molecular complexity index is 1560. The summed E-state index contributed by atoms with van der Waals surface area (Å²) in [4.78, 5) is 0.444. The number of fused-ring (bicyclic) bond motifs is 5. The summed E-state index contributed by atoms with van der Waals surface area (Å²) in [6.07, 6.45) is 20.4. The van der Waals surface area contributed by atoms with Crippen LogP contribution in [0.1, 0.15) is 34.2 Å². The third-order valence-corrected chi connectivity index (χ3v) is 8.61. The number of allylic oxidation sites excluding steroid dienone is 5. The summed E-state index contributed by atoms with van der Waals surface area (Å²) in [5, 5.41) is 2.92. The number of halogens is 1. The molecule has 1 aliphatic heterocycles. The lowest BCUT2D eigenvalue weighted by Crippen LogP contribution is -2.15. The van der Waals surface area contributed by atoms with Gasteiger partial charge < -0.3 is 5.32 Å². The van der Waals surface area contributed by atoms with E-state index in [-0.39, 0.29) is 11.6 Å². The molecule has 0 fully saturated rings. The largest absolute Gasteiger partial charge is 0.368 e. The molecule has 2 aliphatic carbocycles. The molecule has 1 N–H and O–H groups in total. The smallest absolute Gasteiger partial charge is 0.182 e. The van der Waals surface area contributed by atoms with Gasteiger partial charge in [-0.15, -0.1) is 0 Å². The van der Waals surface area contributed by atoms with Crippen LogP contribution in [0, 0.1) is 5.82 Å². The second-order valence-electron chi connectivity index (χ2n) is 9.39. The Balaban J connectivity index is 0.000000366. The predicted molar refractivity (Wildman–Crippen MR) is 155 cm³/mol.